The van der Waals surface area contributed by atoms with E-state index >= 15 is 0 Å². The number of imidazole rings is 1. The minimum atomic E-state index is -3.57. The molecule has 2 aromatic carbocycles. The van der Waals surface area contributed by atoms with Crippen LogP contribution in [0.25, 0.3) is 33.2 Å². The average Bonchev–Trinajstić information content (AvgIpc) is 3.78. The highest BCUT2D eigenvalue weighted by atomic mass is 35.5. The summed E-state index contributed by atoms with van der Waals surface area (Å²) in [7, 11) is -1.90. The van der Waals surface area contributed by atoms with E-state index in [2.05, 4.69) is 30.3 Å². The number of carbonyl (C=O) groups excluding carboxylic acids is 2. The number of benzene rings is 2. The van der Waals surface area contributed by atoms with Crippen molar-refractivity contribution in [1.29, 1.82) is 0 Å². The molecule has 3 aliphatic heterocycles. The second kappa shape index (κ2) is 15.8. The fourth-order valence-corrected chi connectivity index (χ4v) is 11.3. The van der Waals surface area contributed by atoms with Gasteiger partial charge < -0.3 is 14.5 Å². The third-order valence-corrected chi connectivity index (χ3v) is 14.9. The molecule has 2 N–H and O–H groups in total. The zero-order valence-electron chi connectivity index (χ0n) is 32.8. The van der Waals surface area contributed by atoms with E-state index in [-0.39, 0.29) is 24.4 Å². The summed E-state index contributed by atoms with van der Waals surface area (Å²) >= 11 is 12.7. The normalized spacial score (nSPS) is 19.0. The number of nitrogens with zero attached hydrogens (tertiary/aromatic N) is 8. The lowest BCUT2D eigenvalue weighted by Crippen LogP contribution is -2.53. The topological polar surface area (TPSA) is 181 Å². The van der Waals surface area contributed by atoms with Crippen molar-refractivity contribution in [2.75, 3.05) is 49.1 Å². The Hall–Kier alpha value is -5.49. The maximum Gasteiger partial charge on any atom is 0.329 e. The smallest absolute Gasteiger partial charge is 0.329 e. The van der Waals surface area contributed by atoms with Crippen LogP contribution in [0.4, 0.5) is 11.5 Å². The van der Waals surface area contributed by atoms with Gasteiger partial charge in [0.2, 0.25) is 21.8 Å². The summed E-state index contributed by atoms with van der Waals surface area (Å²) < 4.78 is 38.8. The minimum Gasteiger partial charge on any atom is -0.486 e. The van der Waals surface area contributed by atoms with Gasteiger partial charge in [-0.25, -0.2) is 18.2 Å². The number of imide groups is 1. The summed E-state index contributed by atoms with van der Waals surface area (Å²) in [5, 5.41) is 11.2. The summed E-state index contributed by atoms with van der Waals surface area (Å²) in [6.45, 7) is 4.56. The Labute approximate surface area is 355 Å². The number of rotatable bonds is 9. The molecular formula is C41H42Cl2N10O6S. The van der Waals surface area contributed by atoms with Gasteiger partial charge in [-0.15, -0.1) is 0 Å². The fourth-order valence-electron chi connectivity index (χ4n) is 8.75. The Morgan fingerprint density at radius 3 is 2.33 bits per heavy atom. The number of nitrogens with one attached hydrogen (secondary N) is 2. The van der Waals surface area contributed by atoms with Gasteiger partial charge >= 0.3 is 5.69 Å². The van der Waals surface area contributed by atoms with Crippen LogP contribution < -0.4 is 25.5 Å². The third kappa shape index (κ3) is 7.16. The fraction of sp³-hybridized carbons (Fsp3) is 0.366. The number of pyridine rings is 2. The Balaban J connectivity index is 0.829. The maximum atomic E-state index is 14.0. The average molecular weight is 874 g/mol. The van der Waals surface area contributed by atoms with Crippen molar-refractivity contribution in [1.82, 2.24) is 38.9 Å². The van der Waals surface area contributed by atoms with Gasteiger partial charge in [0.25, 0.3) is 0 Å². The number of halogens is 2. The zero-order valence-corrected chi connectivity index (χ0v) is 35.2. The van der Waals surface area contributed by atoms with Crippen LogP contribution >= 0.6 is 23.2 Å². The Kier molecular flexibility index (Phi) is 10.5. The number of fused-ring (bicyclic) bond motifs is 2. The summed E-state index contributed by atoms with van der Waals surface area (Å²) in [5.74, 6) is 0.540. The molecule has 9 rings (SSSR count). The van der Waals surface area contributed by atoms with Crippen molar-refractivity contribution in [3.8, 4) is 17.0 Å². The molecule has 3 aliphatic rings. The van der Waals surface area contributed by atoms with Crippen molar-refractivity contribution in [2.45, 2.75) is 50.0 Å². The van der Waals surface area contributed by atoms with Crippen LogP contribution in [0.2, 0.25) is 10.0 Å². The Morgan fingerprint density at radius 2 is 1.63 bits per heavy atom. The number of aryl methyl sites for hydroxylation is 1. The lowest BCUT2D eigenvalue weighted by Gasteiger charge is -2.39. The second-order valence-corrected chi connectivity index (χ2v) is 18.4. The monoisotopic (exact) mass is 872 g/mol. The molecule has 4 aromatic heterocycles. The molecule has 0 aliphatic carbocycles. The number of piperidine rings is 2. The van der Waals surface area contributed by atoms with Gasteiger partial charge in [-0.1, -0.05) is 29.3 Å². The maximum absolute atomic E-state index is 14.0. The second-order valence-electron chi connectivity index (χ2n) is 15.4. The first-order valence-electron chi connectivity index (χ1n) is 19.8. The Bertz CT molecular complexity index is 2790. The molecule has 312 valence electrons. The number of hydrogen-bond donors (Lipinski definition) is 2. The lowest BCUT2D eigenvalue weighted by atomic mass is 10.1. The van der Waals surface area contributed by atoms with Crippen molar-refractivity contribution in [3.05, 3.63) is 93.2 Å². The first-order chi connectivity index (χ1) is 28.9. The van der Waals surface area contributed by atoms with Crippen molar-refractivity contribution >= 4 is 78.5 Å². The number of carbonyl (C=O) groups is 2. The van der Waals surface area contributed by atoms with E-state index in [0.29, 0.717) is 84.5 Å². The molecule has 60 heavy (non-hydrogen) atoms. The minimum absolute atomic E-state index is 0.158. The molecular weight excluding hydrogens is 831 g/mol. The number of sulfonamides is 1. The molecule has 0 spiro atoms. The summed E-state index contributed by atoms with van der Waals surface area (Å²) in [6, 6.07) is 14.4. The number of hydrogen-bond acceptors (Lipinski definition) is 11. The summed E-state index contributed by atoms with van der Waals surface area (Å²) in [4.78, 5) is 50.9. The number of aromatic amines is 1. The quantitative estimate of drug-likeness (QED) is 0.182. The SMILES string of the molecule is C[C@@H](Oc1ccc2[nH]nc(-c3ccc(N4CCN(S(=O)(=O)C5CCN(c6cccc7c6n(C)c(=O)n7C6CCC(=O)NC6=O)CC5)CC4)nc3)c2c1)c1c(Cl)cncc1Cl. The van der Waals surface area contributed by atoms with Crippen LogP contribution in [0.5, 0.6) is 5.75 Å². The molecule has 0 bridgehead atoms. The molecule has 2 atom stereocenters. The van der Waals surface area contributed by atoms with E-state index in [1.807, 2.05) is 49.4 Å². The van der Waals surface area contributed by atoms with Gasteiger partial charge in [0.05, 0.1) is 37.5 Å². The molecule has 3 fully saturated rings. The van der Waals surface area contributed by atoms with E-state index in [0.717, 1.165) is 33.7 Å². The molecule has 0 saturated carbocycles. The number of aromatic nitrogens is 6. The van der Waals surface area contributed by atoms with Crippen LogP contribution in [-0.2, 0) is 26.7 Å². The Morgan fingerprint density at radius 1 is 0.883 bits per heavy atom. The predicted molar refractivity (Wildman–Crippen MR) is 229 cm³/mol. The van der Waals surface area contributed by atoms with Gasteiger partial charge in [0, 0.05) is 87.8 Å². The first-order valence-corrected chi connectivity index (χ1v) is 22.1. The lowest BCUT2D eigenvalue weighted by molar-refractivity contribution is -0.135. The zero-order chi connectivity index (χ0) is 41.9. The number of para-hydroxylation sites is 1. The van der Waals surface area contributed by atoms with Crippen molar-refractivity contribution < 1.29 is 22.7 Å². The van der Waals surface area contributed by atoms with Crippen molar-refractivity contribution in [2.24, 2.45) is 7.05 Å². The van der Waals surface area contributed by atoms with E-state index < -0.39 is 33.3 Å². The van der Waals surface area contributed by atoms with Gasteiger partial charge in [-0.05, 0) is 68.7 Å². The highest BCUT2D eigenvalue weighted by Crippen LogP contribution is 2.36. The van der Waals surface area contributed by atoms with Gasteiger partial charge in [0.15, 0.2) is 0 Å². The van der Waals surface area contributed by atoms with Crippen LogP contribution in [0.1, 0.15) is 50.3 Å². The third-order valence-electron chi connectivity index (χ3n) is 11.9. The largest absolute Gasteiger partial charge is 0.486 e. The predicted octanol–water partition coefficient (Wildman–Crippen LogP) is 5.22. The molecule has 19 heteroatoms. The molecule has 1 unspecified atom stereocenters. The van der Waals surface area contributed by atoms with Crippen LogP contribution in [0.3, 0.4) is 0 Å². The molecule has 6 aromatic rings. The van der Waals surface area contributed by atoms with Gasteiger partial charge in [0.1, 0.15) is 29.4 Å². The van der Waals surface area contributed by atoms with E-state index in [9.17, 15) is 22.8 Å². The van der Waals surface area contributed by atoms with Crippen LogP contribution in [0.15, 0.2) is 71.9 Å². The van der Waals surface area contributed by atoms with Gasteiger partial charge in [-0.3, -0.25) is 34.1 Å². The van der Waals surface area contributed by atoms with Crippen LogP contribution in [-0.4, -0.2) is 98.4 Å². The summed E-state index contributed by atoms with van der Waals surface area (Å²) in [5.41, 5.74) is 4.77. The summed E-state index contributed by atoms with van der Waals surface area (Å²) in [6.07, 6.45) is 5.70. The number of ether oxygens (including phenoxy) is 1. The van der Waals surface area contributed by atoms with Gasteiger partial charge in [-0.2, -0.15) is 9.40 Å². The number of H-pyrrole nitrogens is 1. The van der Waals surface area contributed by atoms with E-state index in [1.54, 1.807) is 23.6 Å². The first kappa shape index (κ1) is 39.9. The number of anilines is 2. The molecule has 16 nitrogen and oxygen atoms in total. The van der Waals surface area contributed by atoms with E-state index in [4.69, 9.17) is 32.9 Å². The standard InChI is InChI=1S/C41H42Cl2N10O6S/c1-24(37-29(42)22-44-23-30(37)43)59-26-7-8-31-28(20-26)38(48-47-31)25-6-10-35(45-21-25)51-16-18-52(19-17-51)60(57,58)27-12-14-50(15-13-27)32-4-3-5-33-39(32)49(2)41(56)53(33)34-9-11-36(54)46-40(34)55/h3-8,10,20-24,27,34H,9,11-19H2,1-2H3,(H,47,48)(H,46,54,55)/t24-,34?/m1/s1. The number of amides is 2. The van der Waals surface area contributed by atoms with Crippen molar-refractivity contribution in [3.63, 3.8) is 0 Å². The number of piperazine rings is 1. The highest BCUT2D eigenvalue weighted by Gasteiger charge is 2.38. The molecule has 2 amide bonds. The van der Waals surface area contributed by atoms with Crippen LogP contribution in [0, 0.1) is 0 Å². The van der Waals surface area contributed by atoms with E-state index in [1.165, 1.54) is 21.5 Å². The molecule has 3 saturated heterocycles. The molecule has 7 heterocycles. The molecule has 0 radical (unpaired) electrons. The highest BCUT2D eigenvalue weighted by molar-refractivity contribution is 7.89.